The average Bonchev–Trinajstić information content (AvgIpc) is 2.91. The number of carbonyl (C=O) groups excluding carboxylic acids is 1. The van der Waals surface area contributed by atoms with Gasteiger partial charge >= 0.3 is 0 Å². The quantitative estimate of drug-likeness (QED) is 0.765. The SMILES string of the molecule is Cc1ccc2nc(NC(=O)C(C)Oc3ccc(F)cc3F)sc2c1. The number of anilines is 1. The van der Waals surface area contributed by atoms with Crippen LogP contribution in [0.2, 0.25) is 0 Å². The molecule has 1 N–H and O–H groups in total. The summed E-state index contributed by atoms with van der Waals surface area (Å²) in [5.74, 6) is -2.21. The lowest BCUT2D eigenvalue weighted by molar-refractivity contribution is -0.122. The fraction of sp³-hybridized carbons (Fsp3) is 0.176. The Hall–Kier alpha value is -2.54. The van der Waals surface area contributed by atoms with E-state index in [2.05, 4.69) is 10.3 Å². The van der Waals surface area contributed by atoms with E-state index in [1.165, 1.54) is 18.3 Å². The first-order chi connectivity index (χ1) is 11.4. The lowest BCUT2D eigenvalue weighted by atomic mass is 10.2. The highest BCUT2D eigenvalue weighted by Gasteiger charge is 2.18. The van der Waals surface area contributed by atoms with E-state index in [1.54, 1.807) is 0 Å². The summed E-state index contributed by atoms with van der Waals surface area (Å²) in [7, 11) is 0. The van der Waals surface area contributed by atoms with Crippen molar-refractivity contribution in [1.29, 1.82) is 0 Å². The molecule has 1 amide bonds. The second-order valence-electron chi connectivity index (χ2n) is 5.31. The van der Waals surface area contributed by atoms with Crippen LogP contribution in [-0.2, 0) is 4.79 Å². The summed E-state index contributed by atoms with van der Waals surface area (Å²) in [4.78, 5) is 16.5. The maximum Gasteiger partial charge on any atom is 0.266 e. The van der Waals surface area contributed by atoms with E-state index >= 15 is 0 Å². The zero-order valence-electron chi connectivity index (χ0n) is 13.0. The largest absolute Gasteiger partial charge is 0.478 e. The fourth-order valence-electron chi connectivity index (χ4n) is 2.11. The molecule has 1 unspecified atom stereocenters. The molecule has 3 aromatic rings. The van der Waals surface area contributed by atoms with Crippen LogP contribution in [0.4, 0.5) is 13.9 Å². The number of thiazole rings is 1. The third-order valence-electron chi connectivity index (χ3n) is 3.34. The van der Waals surface area contributed by atoms with E-state index in [0.717, 1.165) is 27.9 Å². The van der Waals surface area contributed by atoms with Gasteiger partial charge < -0.3 is 4.74 Å². The van der Waals surface area contributed by atoms with Gasteiger partial charge in [-0.15, -0.1) is 0 Å². The fourth-order valence-corrected chi connectivity index (χ4v) is 3.07. The highest BCUT2D eigenvalue weighted by molar-refractivity contribution is 7.22. The number of benzene rings is 2. The average molecular weight is 348 g/mol. The molecule has 0 aliphatic carbocycles. The van der Waals surface area contributed by atoms with E-state index in [9.17, 15) is 13.6 Å². The van der Waals surface area contributed by atoms with Crippen LogP contribution in [0, 0.1) is 18.6 Å². The van der Waals surface area contributed by atoms with Crippen molar-refractivity contribution in [3.63, 3.8) is 0 Å². The molecule has 0 saturated carbocycles. The third kappa shape index (κ3) is 3.51. The lowest BCUT2D eigenvalue weighted by Crippen LogP contribution is -2.30. The molecular formula is C17H14F2N2O2S. The van der Waals surface area contributed by atoms with Crippen molar-refractivity contribution in [3.05, 3.63) is 53.6 Å². The number of aromatic nitrogens is 1. The third-order valence-corrected chi connectivity index (χ3v) is 4.27. The molecule has 2 aromatic carbocycles. The van der Waals surface area contributed by atoms with Crippen molar-refractivity contribution in [2.45, 2.75) is 20.0 Å². The van der Waals surface area contributed by atoms with Crippen LogP contribution in [-0.4, -0.2) is 17.0 Å². The summed E-state index contributed by atoms with van der Waals surface area (Å²) in [5, 5.41) is 3.09. The van der Waals surface area contributed by atoms with Crippen LogP contribution < -0.4 is 10.1 Å². The van der Waals surface area contributed by atoms with Crippen LogP contribution in [0.15, 0.2) is 36.4 Å². The van der Waals surface area contributed by atoms with Crippen molar-refractivity contribution in [2.75, 3.05) is 5.32 Å². The first kappa shape index (κ1) is 16.3. The minimum atomic E-state index is -0.960. The number of aryl methyl sites for hydroxylation is 1. The predicted molar refractivity (Wildman–Crippen MR) is 89.4 cm³/mol. The predicted octanol–water partition coefficient (Wildman–Crippen LogP) is 4.29. The van der Waals surface area contributed by atoms with Gasteiger partial charge in [-0.25, -0.2) is 13.8 Å². The first-order valence-corrected chi connectivity index (χ1v) is 8.04. The van der Waals surface area contributed by atoms with E-state index in [1.807, 2.05) is 25.1 Å². The van der Waals surface area contributed by atoms with Gasteiger partial charge in [-0.1, -0.05) is 17.4 Å². The van der Waals surface area contributed by atoms with Crippen molar-refractivity contribution < 1.29 is 18.3 Å². The molecule has 1 atom stereocenters. The van der Waals surface area contributed by atoms with Crippen LogP contribution >= 0.6 is 11.3 Å². The highest BCUT2D eigenvalue weighted by atomic mass is 32.1. The van der Waals surface area contributed by atoms with Gasteiger partial charge in [0.15, 0.2) is 22.8 Å². The molecule has 0 aliphatic heterocycles. The van der Waals surface area contributed by atoms with Gasteiger partial charge in [0.2, 0.25) is 0 Å². The second kappa shape index (κ2) is 6.52. The Morgan fingerprint density at radius 1 is 1.25 bits per heavy atom. The molecule has 1 aromatic heterocycles. The number of amides is 1. The van der Waals surface area contributed by atoms with Crippen molar-refractivity contribution in [2.24, 2.45) is 0 Å². The summed E-state index contributed by atoms with van der Waals surface area (Å²) >= 11 is 1.35. The molecule has 0 aliphatic rings. The van der Waals surface area contributed by atoms with E-state index in [4.69, 9.17) is 4.74 Å². The summed E-state index contributed by atoms with van der Waals surface area (Å²) in [6, 6.07) is 8.72. The number of fused-ring (bicyclic) bond motifs is 1. The second-order valence-corrected chi connectivity index (χ2v) is 6.34. The number of carbonyl (C=O) groups is 1. The van der Waals surface area contributed by atoms with Gasteiger partial charge in [-0.05, 0) is 43.7 Å². The highest BCUT2D eigenvalue weighted by Crippen LogP contribution is 2.27. The molecule has 4 nitrogen and oxygen atoms in total. The van der Waals surface area contributed by atoms with Crippen molar-refractivity contribution >= 4 is 32.6 Å². The molecule has 0 bridgehead atoms. The number of nitrogens with one attached hydrogen (secondary N) is 1. The van der Waals surface area contributed by atoms with Gasteiger partial charge in [-0.3, -0.25) is 10.1 Å². The Bertz CT molecular complexity index is 911. The number of rotatable bonds is 4. The molecule has 1 heterocycles. The minimum absolute atomic E-state index is 0.182. The summed E-state index contributed by atoms with van der Waals surface area (Å²) in [6.45, 7) is 3.46. The van der Waals surface area contributed by atoms with Gasteiger partial charge in [0.05, 0.1) is 10.2 Å². The summed E-state index contributed by atoms with van der Waals surface area (Å²) < 4.78 is 32.7. The standard InChI is InChI=1S/C17H14F2N2O2S/c1-9-3-5-13-15(7-9)24-17(20-13)21-16(22)10(2)23-14-6-4-11(18)8-12(14)19/h3-8,10H,1-2H3,(H,20,21,22). The van der Waals surface area contributed by atoms with Crippen LogP contribution in [0.5, 0.6) is 5.75 Å². The Morgan fingerprint density at radius 3 is 2.79 bits per heavy atom. The summed E-state index contributed by atoms with van der Waals surface area (Å²) in [6.07, 6.45) is -0.960. The maximum atomic E-state index is 13.6. The monoisotopic (exact) mass is 348 g/mol. The molecule has 0 saturated heterocycles. The van der Waals surface area contributed by atoms with Crippen molar-refractivity contribution in [1.82, 2.24) is 4.98 Å². The van der Waals surface area contributed by atoms with E-state index in [-0.39, 0.29) is 5.75 Å². The maximum absolute atomic E-state index is 13.6. The number of nitrogens with zero attached hydrogens (tertiary/aromatic N) is 1. The molecule has 7 heteroatoms. The number of ether oxygens (including phenoxy) is 1. The number of halogens is 2. The molecule has 0 radical (unpaired) electrons. The Morgan fingerprint density at radius 2 is 2.04 bits per heavy atom. The molecule has 3 rings (SSSR count). The molecule has 24 heavy (non-hydrogen) atoms. The molecule has 0 fully saturated rings. The summed E-state index contributed by atoms with van der Waals surface area (Å²) in [5.41, 5.74) is 1.89. The molecular weight excluding hydrogens is 334 g/mol. The lowest BCUT2D eigenvalue weighted by Gasteiger charge is -2.14. The Balaban J connectivity index is 1.70. The smallest absolute Gasteiger partial charge is 0.266 e. The zero-order valence-corrected chi connectivity index (χ0v) is 13.8. The van der Waals surface area contributed by atoms with Crippen LogP contribution in [0.1, 0.15) is 12.5 Å². The van der Waals surface area contributed by atoms with Gasteiger partial charge in [0.25, 0.3) is 5.91 Å². The van der Waals surface area contributed by atoms with Crippen LogP contribution in [0.25, 0.3) is 10.2 Å². The van der Waals surface area contributed by atoms with E-state index in [0.29, 0.717) is 11.2 Å². The zero-order chi connectivity index (χ0) is 17.3. The molecule has 124 valence electrons. The normalized spacial score (nSPS) is 12.2. The number of hydrogen-bond donors (Lipinski definition) is 1. The Kier molecular flexibility index (Phi) is 4.44. The minimum Gasteiger partial charge on any atom is -0.478 e. The first-order valence-electron chi connectivity index (χ1n) is 7.22. The molecule has 0 spiro atoms. The van der Waals surface area contributed by atoms with Crippen molar-refractivity contribution in [3.8, 4) is 5.75 Å². The van der Waals surface area contributed by atoms with Gasteiger partial charge in [-0.2, -0.15) is 0 Å². The topological polar surface area (TPSA) is 51.2 Å². The van der Waals surface area contributed by atoms with Gasteiger partial charge in [0.1, 0.15) is 5.82 Å². The van der Waals surface area contributed by atoms with Gasteiger partial charge in [0, 0.05) is 6.07 Å². The van der Waals surface area contributed by atoms with E-state index < -0.39 is 23.6 Å². The van der Waals surface area contributed by atoms with Crippen LogP contribution in [0.3, 0.4) is 0 Å². The number of hydrogen-bond acceptors (Lipinski definition) is 4. The Labute approximate surface area is 141 Å².